The van der Waals surface area contributed by atoms with Gasteiger partial charge in [0.25, 0.3) is 5.91 Å². The summed E-state index contributed by atoms with van der Waals surface area (Å²) in [4.78, 5) is 41.0. The number of fused-ring (bicyclic) bond motifs is 2. The molecular formula is C33H30Cl2N8O3. The van der Waals surface area contributed by atoms with E-state index in [1.54, 1.807) is 12.3 Å². The van der Waals surface area contributed by atoms with Crippen molar-refractivity contribution in [2.75, 3.05) is 30.8 Å². The molecule has 0 spiro atoms. The summed E-state index contributed by atoms with van der Waals surface area (Å²) in [6.07, 6.45) is 3.56. The van der Waals surface area contributed by atoms with Gasteiger partial charge in [0.15, 0.2) is 11.5 Å². The van der Waals surface area contributed by atoms with Gasteiger partial charge in [-0.15, -0.1) is 0 Å². The number of pyridine rings is 1. The lowest BCUT2D eigenvalue weighted by atomic mass is 9.93. The second kappa shape index (κ2) is 12.3. The molecule has 234 valence electrons. The lowest BCUT2D eigenvalue weighted by molar-refractivity contribution is -0.152. The van der Waals surface area contributed by atoms with Gasteiger partial charge in [-0.2, -0.15) is 5.10 Å². The Morgan fingerprint density at radius 1 is 0.978 bits per heavy atom. The van der Waals surface area contributed by atoms with Gasteiger partial charge >= 0.3 is 5.97 Å². The maximum absolute atomic E-state index is 13.5. The number of aromatic nitrogens is 5. The fourth-order valence-corrected chi connectivity index (χ4v) is 6.73. The van der Waals surface area contributed by atoms with Gasteiger partial charge in [-0.3, -0.25) is 24.2 Å². The van der Waals surface area contributed by atoms with Crippen LogP contribution in [0.5, 0.6) is 0 Å². The number of hydrogen-bond donors (Lipinski definition) is 2. The number of rotatable bonds is 7. The van der Waals surface area contributed by atoms with Gasteiger partial charge in [0.1, 0.15) is 11.3 Å². The van der Waals surface area contributed by atoms with Gasteiger partial charge in [0, 0.05) is 37.0 Å². The Balaban J connectivity index is 1.12. The molecule has 2 aliphatic heterocycles. The van der Waals surface area contributed by atoms with Crippen LogP contribution < -0.4 is 10.6 Å². The van der Waals surface area contributed by atoms with Gasteiger partial charge < -0.3 is 15.4 Å². The lowest BCUT2D eigenvalue weighted by Crippen LogP contribution is -2.52. The van der Waals surface area contributed by atoms with E-state index in [1.807, 2.05) is 60.1 Å². The Labute approximate surface area is 274 Å². The van der Waals surface area contributed by atoms with Crippen molar-refractivity contribution in [3.05, 3.63) is 88.1 Å². The highest BCUT2D eigenvalue weighted by Gasteiger charge is 2.40. The second-order valence-corrected chi connectivity index (χ2v) is 12.2. The molecule has 11 nitrogen and oxygen atoms in total. The SMILES string of the molecule is COC(=O)C1CN([C@H]2CCCn3nc(C(=O)Nc4cccc(-c5cccc(Nc6nc(C)nc7cccnc67)c5Cl)c4Cl)cc32)C1. The van der Waals surface area contributed by atoms with Crippen molar-refractivity contribution >= 4 is 63.3 Å². The molecule has 5 heterocycles. The van der Waals surface area contributed by atoms with Crippen molar-refractivity contribution in [1.82, 2.24) is 29.6 Å². The lowest BCUT2D eigenvalue weighted by Gasteiger charge is -2.44. The number of carbonyl (C=O) groups excluding carboxylic acids is 2. The Bertz CT molecular complexity index is 1990. The van der Waals surface area contributed by atoms with Gasteiger partial charge in [0.05, 0.1) is 51.7 Å². The third-order valence-corrected chi connectivity index (χ3v) is 9.29. The maximum Gasteiger partial charge on any atom is 0.311 e. The summed E-state index contributed by atoms with van der Waals surface area (Å²) in [5, 5.41) is 11.6. The first kappa shape index (κ1) is 30.1. The number of ether oxygens (including phenoxy) is 1. The number of benzene rings is 2. The quantitative estimate of drug-likeness (QED) is 0.190. The molecule has 1 saturated heterocycles. The van der Waals surface area contributed by atoms with E-state index in [0.29, 0.717) is 68.5 Å². The average molecular weight is 658 g/mol. The Morgan fingerprint density at radius 2 is 1.72 bits per heavy atom. The number of amides is 1. The topological polar surface area (TPSA) is 127 Å². The molecular weight excluding hydrogens is 627 g/mol. The van der Waals surface area contributed by atoms with E-state index in [1.165, 1.54) is 7.11 Å². The summed E-state index contributed by atoms with van der Waals surface area (Å²) < 4.78 is 6.78. The fourth-order valence-electron chi connectivity index (χ4n) is 6.18. The number of nitrogens with one attached hydrogen (secondary N) is 2. The summed E-state index contributed by atoms with van der Waals surface area (Å²) >= 11 is 13.9. The molecule has 3 aromatic heterocycles. The molecule has 5 aromatic rings. The number of aryl methyl sites for hydroxylation is 2. The van der Waals surface area contributed by atoms with Crippen LogP contribution in [-0.2, 0) is 16.1 Å². The van der Waals surface area contributed by atoms with E-state index in [-0.39, 0.29) is 23.8 Å². The highest BCUT2D eigenvalue weighted by molar-refractivity contribution is 6.39. The summed E-state index contributed by atoms with van der Waals surface area (Å²) in [7, 11) is 1.41. The Morgan fingerprint density at radius 3 is 2.48 bits per heavy atom. The summed E-state index contributed by atoms with van der Waals surface area (Å²) in [6.45, 7) is 3.82. The van der Waals surface area contributed by atoms with E-state index >= 15 is 0 Å². The zero-order valence-corrected chi connectivity index (χ0v) is 26.6. The number of anilines is 3. The highest BCUT2D eigenvalue weighted by Crippen LogP contribution is 2.41. The highest BCUT2D eigenvalue weighted by atomic mass is 35.5. The Hall–Kier alpha value is -4.58. The minimum atomic E-state index is -0.365. The summed E-state index contributed by atoms with van der Waals surface area (Å²) in [5.41, 5.74) is 5.00. The molecule has 0 radical (unpaired) electrons. The number of hydrogen-bond acceptors (Lipinski definition) is 9. The molecule has 13 heteroatoms. The first-order valence-electron chi connectivity index (χ1n) is 15.0. The van der Waals surface area contributed by atoms with Crippen LogP contribution in [0, 0.1) is 12.8 Å². The molecule has 1 atom stereocenters. The zero-order valence-electron chi connectivity index (χ0n) is 25.1. The number of likely N-dealkylation sites (tertiary alicyclic amines) is 1. The number of halogens is 2. The van der Waals surface area contributed by atoms with E-state index in [9.17, 15) is 9.59 Å². The molecule has 1 amide bonds. The van der Waals surface area contributed by atoms with E-state index in [0.717, 1.165) is 30.6 Å². The van der Waals surface area contributed by atoms with Crippen molar-refractivity contribution in [2.24, 2.45) is 5.92 Å². The van der Waals surface area contributed by atoms with Crippen molar-refractivity contribution in [1.29, 1.82) is 0 Å². The van der Waals surface area contributed by atoms with Crippen LogP contribution in [0.25, 0.3) is 22.2 Å². The molecule has 0 unspecified atom stereocenters. The predicted octanol–water partition coefficient (Wildman–Crippen LogP) is 6.44. The van der Waals surface area contributed by atoms with Gasteiger partial charge in [-0.25, -0.2) is 9.97 Å². The van der Waals surface area contributed by atoms with Crippen molar-refractivity contribution in [3.63, 3.8) is 0 Å². The number of nitrogens with zero attached hydrogens (tertiary/aromatic N) is 6. The molecule has 0 aliphatic carbocycles. The molecule has 1 fully saturated rings. The molecule has 0 bridgehead atoms. The second-order valence-electron chi connectivity index (χ2n) is 11.4. The van der Waals surface area contributed by atoms with Crippen molar-refractivity contribution in [2.45, 2.75) is 32.4 Å². The molecule has 7 rings (SSSR count). The van der Waals surface area contributed by atoms with E-state index in [4.69, 9.17) is 27.9 Å². The van der Waals surface area contributed by atoms with Crippen LogP contribution in [0.3, 0.4) is 0 Å². The Kier molecular flexibility index (Phi) is 8.06. The van der Waals surface area contributed by atoms with Crippen molar-refractivity contribution in [3.8, 4) is 11.1 Å². The van der Waals surface area contributed by atoms with Crippen LogP contribution >= 0.6 is 23.2 Å². The molecule has 2 N–H and O–H groups in total. The first-order chi connectivity index (χ1) is 22.3. The zero-order chi connectivity index (χ0) is 31.9. The van der Waals surface area contributed by atoms with E-state index < -0.39 is 0 Å². The van der Waals surface area contributed by atoms with Crippen molar-refractivity contribution < 1.29 is 14.3 Å². The average Bonchev–Trinajstić information content (AvgIpc) is 3.48. The number of methoxy groups -OCH3 is 1. The first-order valence-corrected chi connectivity index (χ1v) is 15.7. The van der Waals surface area contributed by atoms with Crippen LogP contribution in [0.1, 0.15) is 40.9 Å². The maximum atomic E-state index is 13.5. The molecule has 46 heavy (non-hydrogen) atoms. The predicted molar refractivity (Wildman–Crippen MR) is 176 cm³/mol. The minimum Gasteiger partial charge on any atom is -0.469 e. The van der Waals surface area contributed by atoms with Crippen LogP contribution in [0.15, 0.2) is 60.8 Å². The van der Waals surface area contributed by atoms with Crippen LogP contribution in [0.2, 0.25) is 10.0 Å². The normalized spacial score (nSPS) is 16.5. The largest absolute Gasteiger partial charge is 0.469 e. The summed E-state index contributed by atoms with van der Waals surface area (Å²) in [5.74, 6) is 0.477. The molecule has 0 saturated carbocycles. The minimum absolute atomic E-state index is 0.0960. The fraction of sp³-hybridized carbons (Fsp3) is 0.273. The van der Waals surface area contributed by atoms with Gasteiger partial charge in [-0.05, 0) is 50.1 Å². The van der Waals surface area contributed by atoms with Gasteiger partial charge in [-0.1, -0.05) is 47.5 Å². The summed E-state index contributed by atoms with van der Waals surface area (Å²) in [6, 6.07) is 16.6. The molecule has 2 aliphatic rings. The smallest absolute Gasteiger partial charge is 0.311 e. The van der Waals surface area contributed by atoms with Crippen LogP contribution in [0.4, 0.5) is 17.2 Å². The monoisotopic (exact) mass is 656 g/mol. The third-order valence-electron chi connectivity index (χ3n) is 8.47. The van der Waals surface area contributed by atoms with Crippen LogP contribution in [-0.4, -0.2) is 61.7 Å². The van der Waals surface area contributed by atoms with E-state index in [2.05, 4.69) is 35.6 Å². The standard InChI is InChI=1S/C33H30Cl2N8O3/c1-18-37-24-11-5-13-36-30(24)31(38-18)39-22-9-3-7-20(28(22)34)21-8-4-10-23(29(21)35)40-32(44)25-15-27-26(12-6-14-43(27)41-25)42-16-19(17-42)33(45)46-2/h3-5,7-11,13,15,19,26H,6,12,14,16-17H2,1-2H3,(H,40,44)(H,37,38,39)/t26-/m0/s1. The third kappa shape index (κ3) is 5.55. The number of esters is 1. The van der Waals surface area contributed by atoms with Gasteiger partial charge in [0.2, 0.25) is 0 Å². The number of carbonyl (C=O) groups is 2. The molecule has 2 aromatic carbocycles.